The summed E-state index contributed by atoms with van der Waals surface area (Å²) in [6.45, 7) is 0.715. The highest BCUT2D eigenvalue weighted by Crippen LogP contribution is 2.36. The van der Waals surface area contributed by atoms with Crippen LogP contribution in [0.4, 0.5) is 0 Å². The van der Waals surface area contributed by atoms with E-state index in [1.165, 1.54) is 32.1 Å². The number of nitrogens with two attached hydrogens (primary N) is 1. The van der Waals surface area contributed by atoms with Crippen molar-refractivity contribution in [2.24, 2.45) is 11.7 Å². The van der Waals surface area contributed by atoms with Crippen molar-refractivity contribution in [3.63, 3.8) is 0 Å². The van der Waals surface area contributed by atoms with Gasteiger partial charge in [0, 0.05) is 6.54 Å². The third-order valence-electron chi connectivity index (χ3n) is 3.04. The maximum absolute atomic E-state index is 5.79. The first-order valence-electron chi connectivity index (χ1n) is 4.75. The van der Waals surface area contributed by atoms with Gasteiger partial charge in [0.2, 0.25) is 0 Å². The summed E-state index contributed by atoms with van der Waals surface area (Å²) in [6.07, 6.45) is 7.59. The molecule has 0 aromatic heterocycles. The first-order chi connectivity index (χ1) is 5.40. The van der Waals surface area contributed by atoms with Gasteiger partial charge in [-0.05, 0) is 25.2 Å². The molecule has 12 heavy (non-hydrogen) atoms. The summed E-state index contributed by atoms with van der Waals surface area (Å²) in [5.74, 6) is 0.845. The highest BCUT2D eigenvalue weighted by molar-refractivity contribution is 5.85. The van der Waals surface area contributed by atoms with Gasteiger partial charge in [-0.25, -0.2) is 0 Å². The van der Waals surface area contributed by atoms with Crippen molar-refractivity contribution in [1.82, 2.24) is 0 Å². The van der Waals surface area contributed by atoms with Crippen LogP contribution in [0.25, 0.3) is 0 Å². The molecule has 72 valence electrons. The second-order valence-corrected chi connectivity index (χ2v) is 3.81. The molecule has 2 aliphatic rings. The zero-order valence-corrected chi connectivity index (χ0v) is 8.19. The normalized spacial score (nSPS) is 40.2. The molecule has 0 amide bonds. The van der Waals surface area contributed by atoms with Crippen molar-refractivity contribution in [1.29, 1.82) is 0 Å². The molecular weight excluding hydrogens is 174 g/mol. The second-order valence-electron chi connectivity index (χ2n) is 3.81. The van der Waals surface area contributed by atoms with Gasteiger partial charge >= 0.3 is 0 Å². The van der Waals surface area contributed by atoms with E-state index < -0.39 is 0 Å². The molecule has 2 nitrogen and oxygen atoms in total. The molecule has 1 aliphatic carbocycles. The van der Waals surface area contributed by atoms with Gasteiger partial charge in [-0.2, -0.15) is 0 Å². The van der Waals surface area contributed by atoms with Crippen LogP contribution in [0.3, 0.4) is 0 Å². The molecule has 1 heterocycles. The number of halogens is 1. The van der Waals surface area contributed by atoms with E-state index in [2.05, 4.69) is 0 Å². The molecule has 3 heteroatoms. The van der Waals surface area contributed by atoms with Crippen molar-refractivity contribution in [3.8, 4) is 0 Å². The van der Waals surface area contributed by atoms with Gasteiger partial charge < -0.3 is 10.5 Å². The summed E-state index contributed by atoms with van der Waals surface area (Å²) in [5, 5.41) is 0. The fourth-order valence-corrected chi connectivity index (χ4v) is 2.41. The average Bonchev–Trinajstić information content (AvgIpc) is 2.46. The third kappa shape index (κ3) is 1.93. The molecule has 1 aliphatic heterocycles. The van der Waals surface area contributed by atoms with E-state index in [9.17, 15) is 0 Å². The predicted octanol–water partition coefficient (Wildman–Crippen LogP) is 1.71. The molecule has 1 saturated carbocycles. The van der Waals surface area contributed by atoms with Crippen LogP contribution in [0.5, 0.6) is 0 Å². The lowest BCUT2D eigenvalue weighted by Crippen LogP contribution is -2.22. The Bertz CT molecular complexity index is 128. The first kappa shape index (κ1) is 10.3. The molecule has 3 unspecified atom stereocenters. The maximum Gasteiger partial charge on any atom is 0.0704 e. The van der Waals surface area contributed by atoms with Gasteiger partial charge in [-0.15, -0.1) is 12.4 Å². The quantitative estimate of drug-likeness (QED) is 0.685. The topological polar surface area (TPSA) is 35.2 Å². The zero-order valence-electron chi connectivity index (χ0n) is 7.37. The lowest BCUT2D eigenvalue weighted by atomic mass is 9.85. The molecule has 2 rings (SSSR count). The Labute approximate surface area is 80.3 Å². The minimum Gasteiger partial charge on any atom is -0.373 e. The Morgan fingerprint density at radius 3 is 2.67 bits per heavy atom. The first-order valence-corrected chi connectivity index (χ1v) is 4.75. The van der Waals surface area contributed by atoms with E-state index in [1.54, 1.807) is 0 Å². The van der Waals surface area contributed by atoms with E-state index in [0.717, 1.165) is 5.92 Å². The summed E-state index contributed by atoms with van der Waals surface area (Å²) in [5.41, 5.74) is 5.56. The van der Waals surface area contributed by atoms with Crippen molar-refractivity contribution in [3.05, 3.63) is 0 Å². The predicted molar refractivity (Wildman–Crippen MR) is 51.5 cm³/mol. The van der Waals surface area contributed by atoms with E-state index in [1.807, 2.05) is 0 Å². The van der Waals surface area contributed by atoms with Crippen LogP contribution < -0.4 is 5.73 Å². The molecule has 0 radical (unpaired) electrons. The molecule has 0 aromatic rings. The number of fused-ring (bicyclic) bond motifs is 1. The number of rotatable bonds is 1. The third-order valence-corrected chi connectivity index (χ3v) is 3.04. The van der Waals surface area contributed by atoms with Gasteiger partial charge in [0.25, 0.3) is 0 Å². The highest BCUT2D eigenvalue weighted by Gasteiger charge is 2.35. The van der Waals surface area contributed by atoms with Crippen LogP contribution >= 0.6 is 12.4 Å². The van der Waals surface area contributed by atoms with Gasteiger partial charge in [-0.1, -0.05) is 12.8 Å². The molecule has 1 saturated heterocycles. The van der Waals surface area contributed by atoms with E-state index in [-0.39, 0.29) is 12.4 Å². The van der Waals surface area contributed by atoms with E-state index in [0.29, 0.717) is 18.8 Å². The van der Waals surface area contributed by atoms with Crippen LogP contribution in [-0.2, 0) is 4.74 Å². The zero-order chi connectivity index (χ0) is 7.68. The Morgan fingerprint density at radius 1 is 1.25 bits per heavy atom. The number of ether oxygens (including phenoxy) is 1. The molecule has 0 spiro atoms. The Morgan fingerprint density at radius 2 is 2.00 bits per heavy atom. The van der Waals surface area contributed by atoms with Crippen molar-refractivity contribution < 1.29 is 4.74 Å². The number of hydrogen-bond donors (Lipinski definition) is 1. The van der Waals surface area contributed by atoms with E-state index in [4.69, 9.17) is 10.5 Å². The monoisotopic (exact) mass is 191 g/mol. The minimum atomic E-state index is 0. The Kier molecular flexibility index (Phi) is 3.81. The largest absolute Gasteiger partial charge is 0.373 e. The van der Waals surface area contributed by atoms with Gasteiger partial charge in [0.15, 0.2) is 0 Å². The van der Waals surface area contributed by atoms with Crippen LogP contribution in [0, 0.1) is 5.92 Å². The van der Waals surface area contributed by atoms with Crippen LogP contribution in [0.15, 0.2) is 0 Å². The fourth-order valence-electron chi connectivity index (χ4n) is 2.41. The smallest absolute Gasteiger partial charge is 0.0704 e. The van der Waals surface area contributed by atoms with E-state index >= 15 is 0 Å². The summed E-state index contributed by atoms with van der Waals surface area (Å²) in [7, 11) is 0. The Hall–Kier alpha value is 0.210. The van der Waals surface area contributed by atoms with Crippen molar-refractivity contribution >= 4 is 12.4 Å². The standard InChI is InChI=1S/C9H17NO.ClH/c10-6-8-5-7-3-1-2-4-9(7)11-8;/h7-9H,1-6,10H2;1H. The lowest BCUT2D eigenvalue weighted by Gasteiger charge is -2.23. The van der Waals surface area contributed by atoms with Crippen LogP contribution in [0.1, 0.15) is 32.1 Å². The van der Waals surface area contributed by atoms with Crippen molar-refractivity contribution in [2.75, 3.05) is 6.54 Å². The molecule has 3 atom stereocenters. The van der Waals surface area contributed by atoms with Gasteiger partial charge in [0.1, 0.15) is 0 Å². The SMILES string of the molecule is Cl.NCC1CC2CCCCC2O1. The molecule has 0 aromatic carbocycles. The minimum absolute atomic E-state index is 0. The molecule has 2 N–H and O–H groups in total. The summed E-state index contributed by atoms with van der Waals surface area (Å²) in [6, 6.07) is 0. The molecular formula is C9H18ClNO. The van der Waals surface area contributed by atoms with Crippen molar-refractivity contribution in [2.45, 2.75) is 44.3 Å². The molecule has 2 fully saturated rings. The fraction of sp³-hybridized carbons (Fsp3) is 1.00. The summed E-state index contributed by atoms with van der Waals surface area (Å²) < 4.78 is 5.79. The average molecular weight is 192 g/mol. The second kappa shape index (κ2) is 4.45. The molecule has 0 bridgehead atoms. The van der Waals surface area contributed by atoms with Gasteiger partial charge in [0.05, 0.1) is 12.2 Å². The number of hydrogen-bond acceptors (Lipinski definition) is 2. The van der Waals surface area contributed by atoms with Crippen LogP contribution in [0.2, 0.25) is 0 Å². The summed E-state index contributed by atoms with van der Waals surface area (Å²) in [4.78, 5) is 0. The maximum atomic E-state index is 5.79. The van der Waals surface area contributed by atoms with Crippen LogP contribution in [-0.4, -0.2) is 18.8 Å². The lowest BCUT2D eigenvalue weighted by molar-refractivity contribution is 0.0231. The Balaban J connectivity index is 0.000000720. The van der Waals surface area contributed by atoms with Gasteiger partial charge in [-0.3, -0.25) is 0 Å². The summed E-state index contributed by atoms with van der Waals surface area (Å²) >= 11 is 0. The highest BCUT2D eigenvalue weighted by atomic mass is 35.5.